The van der Waals surface area contributed by atoms with Crippen LogP contribution in [0.4, 0.5) is 0 Å². The number of rotatable bonds is 5. The molecule has 1 N–H and O–H groups in total. The Morgan fingerprint density at radius 2 is 1.73 bits per heavy atom. The van der Waals surface area contributed by atoms with E-state index in [-0.39, 0.29) is 5.91 Å². The summed E-state index contributed by atoms with van der Waals surface area (Å²) in [4.78, 5) is 20.6. The van der Waals surface area contributed by atoms with Crippen molar-refractivity contribution in [2.24, 2.45) is 0 Å². The first kappa shape index (κ1) is 16.0. The fourth-order valence-corrected chi connectivity index (χ4v) is 2.70. The molecule has 5 heteroatoms. The summed E-state index contributed by atoms with van der Waals surface area (Å²) in [5.74, 6) is 0.545. The first-order valence-electron chi connectivity index (χ1n) is 8.39. The highest BCUT2D eigenvalue weighted by Crippen LogP contribution is 2.23. The Hall–Kier alpha value is -3.47. The van der Waals surface area contributed by atoms with Crippen LogP contribution in [0.5, 0.6) is 0 Å². The van der Waals surface area contributed by atoms with Gasteiger partial charge in [0, 0.05) is 18.3 Å². The van der Waals surface area contributed by atoms with Crippen molar-refractivity contribution in [2.75, 3.05) is 0 Å². The fraction of sp³-hybridized carbons (Fsp3) is 0.0952. The van der Waals surface area contributed by atoms with Crippen molar-refractivity contribution in [3.63, 3.8) is 0 Å². The number of hydrogen-bond donors (Lipinski definition) is 1. The van der Waals surface area contributed by atoms with E-state index in [1.807, 2.05) is 66.7 Å². The van der Waals surface area contributed by atoms with Crippen LogP contribution in [-0.2, 0) is 17.8 Å². The molecule has 0 saturated heterocycles. The number of oxazole rings is 1. The molecule has 128 valence electrons. The quantitative estimate of drug-likeness (QED) is 0.599. The molecule has 4 rings (SSSR count). The average molecular weight is 343 g/mol. The van der Waals surface area contributed by atoms with Crippen molar-refractivity contribution in [3.8, 4) is 11.5 Å². The second-order valence-corrected chi connectivity index (χ2v) is 5.98. The number of nitrogens with one attached hydrogen (secondary N) is 1. The lowest BCUT2D eigenvalue weighted by Gasteiger charge is -2.06. The minimum Gasteiger partial charge on any atom is -0.434 e. The molecule has 5 nitrogen and oxygen atoms in total. The Morgan fingerprint density at radius 3 is 2.50 bits per heavy atom. The molecule has 0 aliphatic rings. The number of aromatic nitrogens is 2. The molecule has 2 heterocycles. The van der Waals surface area contributed by atoms with Crippen molar-refractivity contribution in [1.82, 2.24) is 15.3 Å². The van der Waals surface area contributed by atoms with Crippen LogP contribution in [0.25, 0.3) is 22.7 Å². The van der Waals surface area contributed by atoms with Gasteiger partial charge in [-0.1, -0.05) is 42.5 Å². The lowest BCUT2D eigenvalue weighted by molar-refractivity contribution is -0.120. The first-order chi connectivity index (χ1) is 12.8. The van der Waals surface area contributed by atoms with Crippen molar-refractivity contribution in [3.05, 3.63) is 84.1 Å². The third-order valence-electron chi connectivity index (χ3n) is 4.06. The summed E-state index contributed by atoms with van der Waals surface area (Å²) < 4.78 is 5.72. The van der Waals surface area contributed by atoms with Crippen LogP contribution in [0.3, 0.4) is 0 Å². The predicted octanol–water partition coefficient (Wildman–Crippen LogP) is 3.75. The van der Waals surface area contributed by atoms with Gasteiger partial charge < -0.3 is 9.73 Å². The fourth-order valence-electron chi connectivity index (χ4n) is 2.70. The van der Waals surface area contributed by atoms with Gasteiger partial charge in [-0.3, -0.25) is 4.79 Å². The van der Waals surface area contributed by atoms with Crippen LogP contribution in [0.1, 0.15) is 11.1 Å². The summed E-state index contributed by atoms with van der Waals surface area (Å²) in [5, 5.41) is 2.94. The van der Waals surface area contributed by atoms with Crippen molar-refractivity contribution in [2.45, 2.75) is 13.0 Å². The maximum Gasteiger partial charge on any atom is 0.228 e. The normalized spacial score (nSPS) is 10.8. The molecule has 4 aromatic rings. The Morgan fingerprint density at radius 1 is 0.923 bits per heavy atom. The summed E-state index contributed by atoms with van der Waals surface area (Å²) in [6, 6.07) is 21.1. The SMILES string of the molecule is O=C(Cc1ccccc1)NCc1ccc(-c2nc3ncccc3o2)cc1. The number of fused-ring (bicyclic) bond motifs is 1. The topological polar surface area (TPSA) is 68.0 Å². The van der Waals surface area contributed by atoms with E-state index in [9.17, 15) is 4.79 Å². The number of benzene rings is 2. The Balaban J connectivity index is 1.39. The lowest BCUT2D eigenvalue weighted by atomic mass is 10.1. The second kappa shape index (κ2) is 7.19. The zero-order valence-corrected chi connectivity index (χ0v) is 14.1. The summed E-state index contributed by atoms with van der Waals surface area (Å²) in [6.45, 7) is 0.487. The van der Waals surface area contributed by atoms with Gasteiger partial charge in [0.2, 0.25) is 11.8 Å². The van der Waals surface area contributed by atoms with Gasteiger partial charge in [0.05, 0.1) is 6.42 Å². The molecule has 0 atom stereocenters. The second-order valence-electron chi connectivity index (χ2n) is 5.98. The minimum absolute atomic E-state index is 0.00491. The van der Waals surface area contributed by atoms with E-state index in [1.165, 1.54) is 0 Å². The molecule has 0 aliphatic heterocycles. The minimum atomic E-state index is 0.00491. The molecular formula is C21H17N3O2. The van der Waals surface area contributed by atoms with Crippen LogP contribution in [-0.4, -0.2) is 15.9 Å². The summed E-state index contributed by atoms with van der Waals surface area (Å²) in [7, 11) is 0. The van der Waals surface area contributed by atoms with Gasteiger partial charge in [0.1, 0.15) is 0 Å². The molecule has 2 aromatic heterocycles. The average Bonchev–Trinajstić information content (AvgIpc) is 3.12. The third-order valence-corrected chi connectivity index (χ3v) is 4.06. The number of pyridine rings is 1. The van der Waals surface area contributed by atoms with Gasteiger partial charge in [-0.15, -0.1) is 0 Å². The molecule has 0 spiro atoms. The van der Waals surface area contributed by atoms with Crippen molar-refractivity contribution < 1.29 is 9.21 Å². The van der Waals surface area contributed by atoms with Gasteiger partial charge in [-0.2, -0.15) is 4.98 Å². The Bertz CT molecular complexity index is 991. The summed E-state index contributed by atoms with van der Waals surface area (Å²) in [6.07, 6.45) is 2.07. The van der Waals surface area contributed by atoms with Crippen molar-refractivity contribution >= 4 is 17.1 Å². The molecule has 0 saturated carbocycles. The molecular weight excluding hydrogens is 326 g/mol. The van der Waals surface area contributed by atoms with Gasteiger partial charge >= 0.3 is 0 Å². The standard InChI is InChI=1S/C21H17N3O2/c25-19(13-15-5-2-1-3-6-15)23-14-16-8-10-17(11-9-16)21-24-20-18(26-21)7-4-12-22-20/h1-12H,13-14H2,(H,23,25). The molecule has 2 aromatic carbocycles. The van der Waals surface area contributed by atoms with E-state index in [4.69, 9.17) is 4.42 Å². The molecule has 0 unspecified atom stereocenters. The van der Waals surface area contributed by atoms with Gasteiger partial charge in [0.25, 0.3) is 0 Å². The van der Waals surface area contributed by atoms with E-state index in [0.717, 1.165) is 16.7 Å². The van der Waals surface area contributed by atoms with E-state index in [2.05, 4.69) is 15.3 Å². The van der Waals surface area contributed by atoms with Crippen LogP contribution in [0.15, 0.2) is 77.3 Å². The van der Waals surface area contributed by atoms with E-state index < -0.39 is 0 Å². The van der Waals surface area contributed by atoms with Crippen LogP contribution < -0.4 is 5.32 Å². The van der Waals surface area contributed by atoms with E-state index in [1.54, 1.807) is 6.20 Å². The Labute approximate surface area is 150 Å². The Kier molecular flexibility index (Phi) is 4.43. The third kappa shape index (κ3) is 3.62. The molecule has 0 bridgehead atoms. The number of amides is 1. The zero-order chi connectivity index (χ0) is 17.8. The van der Waals surface area contributed by atoms with Gasteiger partial charge in [-0.05, 0) is 35.4 Å². The largest absolute Gasteiger partial charge is 0.434 e. The molecule has 0 aliphatic carbocycles. The van der Waals surface area contributed by atoms with Crippen LogP contribution >= 0.6 is 0 Å². The zero-order valence-electron chi connectivity index (χ0n) is 14.1. The predicted molar refractivity (Wildman–Crippen MR) is 99.2 cm³/mol. The smallest absolute Gasteiger partial charge is 0.228 e. The lowest BCUT2D eigenvalue weighted by Crippen LogP contribution is -2.24. The molecule has 1 amide bonds. The first-order valence-corrected chi connectivity index (χ1v) is 8.39. The monoisotopic (exact) mass is 343 g/mol. The van der Waals surface area contributed by atoms with Gasteiger partial charge in [-0.25, -0.2) is 4.98 Å². The van der Waals surface area contributed by atoms with Gasteiger partial charge in [0.15, 0.2) is 11.2 Å². The highest BCUT2D eigenvalue weighted by atomic mass is 16.3. The summed E-state index contributed by atoms with van der Waals surface area (Å²) in [5.41, 5.74) is 4.16. The number of carbonyl (C=O) groups excluding carboxylic acids is 1. The molecule has 26 heavy (non-hydrogen) atoms. The van der Waals surface area contributed by atoms with Crippen molar-refractivity contribution in [1.29, 1.82) is 0 Å². The number of hydrogen-bond acceptors (Lipinski definition) is 4. The number of nitrogens with zero attached hydrogens (tertiary/aromatic N) is 2. The van der Waals surface area contributed by atoms with E-state index in [0.29, 0.717) is 30.1 Å². The number of carbonyl (C=O) groups is 1. The maximum absolute atomic E-state index is 12.0. The van der Waals surface area contributed by atoms with Crippen LogP contribution in [0.2, 0.25) is 0 Å². The molecule has 0 radical (unpaired) electrons. The highest BCUT2D eigenvalue weighted by Gasteiger charge is 2.09. The summed E-state index contributed by atoms with van der Waals surface area (Å²) >= 11 is 0. The maximum atomic E-state index is 12.0. The highest BCUT2D eigenvalue weighted by molar-refractivity contribution is 5.78. The molecule has 0 fully saturated rings. The van der Waals surface area contributed by atoms with E-state index >= 15 is 0 Å². The van der Waals surface area contributed by atoms with Crippen LogP contribution in [0, 0.1) is 0 Å².